The lowest BCUT2D eigenvalue weighted by Gasteiger charge is -2.46. The fourth-order valence-corrected chi connectivity index (χ4v) is 16.1. The summed E-state index contributed by atoms with van der Waals surface area (Å²) in [4.78, 5) is 12.4. The SMILES string of the molecule is Cc1cccc(-c2ccccc2)c1N1c2cc3c(cc2B2c4ccccc4N(c4ccccc4)c4cc(N(c5ccccc5)c5ccccc5)cc1c42)B1c2ccccc2Oc2cc(N(c4ccc(-c5ccccc5)cc4)c4ccc(-c5ccccc5)cc4)cc(c21)S3. The average Bonchev–Trinajstić information content (AvgIpc) is 0.698. The van der Waals surface area contributed by atoms with E-state index in [1.165, 1.54) is 48.9 Å². The number of nitrogens with zero attached hydrogens (tertiary/aromatic N) is 4. The molecule has 0 aromatic heterocycles. The Morgan fingerprint density at radius 1 is 0.301 bits per heavy atom. The smallest absolute Gasteiger partial charge is 0.253 e. The summed E-state index contributed by atoms with van der Waals surface area (Å²) in [5, 5.41) is 0. The van der Waals surface area contributed by atoms with Crippen molar-refractivity contribution in [1.29, 1.82) is 0 Å². The van der Waals surface area contributed by atoms with Crippen LogP contribution in [0.2, 0.25) is 0 Å². The second-order valence-corrected chi connectivity index (χ2v) is 25.5. The van der Waals surface area contributed by atoms with Gasteiger partial charge in [0.15, 0.2) is 0 Å². The van der Waals surface area contributed by atoms with Crippen LogP contribution in [-0.4, -0.2) is 13.4 Å². The molecule has 5 nitrogen and oxygen atoms in total. The fraction of sp³-hybridized carbons (Fsp3) is 0.0118. The number of hydrogen-bond donors (Lipinski definition) is 0. The minimum absolute atomic E-state index is 0.126. The first-order chi connectivity index (χ1) is 46.1. The van der Waals surface area contributed by atoms with Crippen molar-refractivity contribution in [2.75, 3.05) is 19.6 Å². The molecular weight excluding hydrogens is 1150 g/mol. The molecule has 4 heterocycles. The van der Waals surface area contributed by atoms with Gasteiger partial charge < -0.3 is 24.3 Å². The van der Waals surface area contributed by atoms with E-state index in [9.17, 15) is 0 Å². The zero-order valence-electron chi connectivity index (χ0n) is 51.0. The van der Waals surface area contributed by atoms with Crippen LogP contribution in [0.25, 0.3) is 33.4 Å². The highest BCUT2D eigenvalue weighted by Crippen LogP contribution is 2.52. The molecule has 436 valence electrons. The molecule has 93 heavy (non-hydrogen) atoms. The van der Waals surface area contributed by atoms with E-state index in [-0.39, 0.29) is 13.4 Å². The van der Waals surface area contributed by atoms with E-state index in [1.54, 1.807) is 0 Å². The van der Waals surface area contributed by atoms with Crippen LogP contribution in [0.1, 0.15) is 5.56 Å². The van der Waals surface area contributed by atoms with Gasteiger partial charge in [-0.3, -0.25) is 0 Å². The highest BCUT2D eigenvalue weighted by atomic mass is 32.2. The van der Waals surface area contributed by atoms with Gasteiger partial charge in [0.25, 0.3) is 13.4 Å². The average molecular weight is 1210 g/mol. The van der Waals surface area contributed by atoms with Crippen LogP contribution in [0.4, 0.5) is 68.2 Å². The summed E-state index contributed by atoms with van der Waals surface area (Å²) in [7, 11) is 0. The lowest BCUT2D eigenvalue weighted by molar-refractivity contribution is 0.486. The van der Waals surface area contributed by atoms with Gasteiger partial charge in [-0.15, -0.1) is 0 Å². The number of ether oxygens (including phenoxy) is 1. The van der Waals surface area contributed by atoms with Crippen molar-refractivity contribution in [2.45, 2.75) is 16.7 Å². The van der Waals surface area contributed by atoms with Crippen LogP contribution < -0.4 is 57.1 Å². The minimum atomic E-state index is -0.152. The van der Waals surface area contributed by atoms with E-state index in [4.69, 9.17) is 4.74 Å². The lowest BCUT2D eigenvalue weighted by Crippen LogP contribution is -2.64. The van der Waals surface area contributed by atoms with Crippen molar-refractivity contribution in [1.82, 2.24) is 0 Å². The highest BCUT2D eigenvalue weighted by molar-refractivity contribution is 8.00. The third-order valence-corrected chi connectivity index (χ3v) is 20.2. The molecule has 0 fully saturated rings. The molecule has 0 aliphatic carbocycles. The number of fused-ring (bicyclic) bond motifs is 8. The molecule has 0 atom stereocenters. The van der Waals surface area contributed by atoms with Crippen molar-refractivity contribution >= 4 is 126 Å². The topological polar surface area (TPSA) is 22.2 Å². The van der Waals surface area contributed by atoms with E-state index in [0.29, 0.717) is 0 Å². The molecule has 0 unspecified atom stereocenters. The molecule has 0 saturated heterocycles. The molecule has 0 saturated carbocycles. The molecule has 14 aromatic carbocycles. The van der Waals surface area contributed by atoms with Crippen molar-refractivity contribution in [3.8, 4) is 44.9 Å². The van der Waals surface area contributed by atoms with E-state index in [0.717, 1.165) is 112 Å². The molecule has 0 radical (unpaired) electrons. The number of hydrogen-bond acceptors (Lipinski definition) is 6. The number of benzene rings is 14. The predicted octanol–water partition coefficient (Wildman–Crippen LogP) is 19.1. The lowest BCUT2D eigenvalue weighted by atomic mass is 9.31. The van der Waals surface area contributed by atoms with Gasteiger partial charge in [-0.2, -0.15) is 0 Å². The molecule has 0 amide bonds. The summed E-state index contributed by atoms with van der Waals surface area (Å²) in [6.07, 6.45) is 0. The van der Waals surface area contributed by atoms with Gasteiger partial charge in [0, 0.05) is 72.6 Å². The number of aryl methyl sites for hydroxylation is 1. The molecule has 0 N–H and O–H groups in total. The monoisotopic (exact) mass is 1200 g/mol. The summed E-state index contributed by atoms with van der Waals surface area (Å²) in [5.74, 6) is 1.74. The van der Waals surface area contributed by atoms with Gasteiger partial charge in [-0.25, -0.2) is 0 Å². The molecule has 4 aliphatic heterocycles. The second kappa shape index (κ2) is 22.5. The Hall–Kier alpha value is -11.4. The van der Waals surface area contributed by atoms with Gasteiger partial charge in [0.2, 0.25) is 0 Å². The zero-order chi connectivity index (χ0) is 61.5. The third kappa shape index (κ3) is 9.19. The van der Waals surface area contributed by atoms with Gasteiger partial charge in [-0.05, 0) is 165 Å². The van der Waals surface area contributed by atoms with Crippen LogP contribution in [0.5, 0.6) is 11.5 Å². The van der Waals surface area contributed by atoms with E-state index < -0.39 is 0 Å². The molecule has 8 heteroatoms. The molecule has 0 bridgehead atoms. The van der Waals surface area contributed by atoms with Gasteiger partial charge >= 0.3 is 0 Å². The first-order valence-electron chi connectivity index (χ1n) is 32.0. The van der Waals surface area contributed by atoms with Crippen LogP contribution in [0.15, 0.2) is 343 Å². The zero-order valence-corrected chi connectivity index (χ0v) is 51.8. The summed E-state index contributed by atoms with van der Waals surface area (Å²) >= 11 is 1.86. The first kappa shape index (κ1) is 54.5. The predicted molar refractivity (Wildman–Crippen MR) is 393 cm³/mol. The maximum atomic E-state index is 7.26. The van der Waals surface area contributed by atoms with Crippen molar-refractivity contribution in [3.05, 3.63) is 339 Å². The summed E-state index contributed by atoms with van der Waals surface area (Å²) in [6.45, 7) is 2.01. The Labute approximate surface area is 547 Å². The van der Waals surface area contributed by atoms with Crippen molar-refractivity contribution < 1.29 is 4.74 Å². The Kier molecular flexibility index (Phi) is 13.2. The Morgan fingerprint density at radius 2 is 0.785 bits per heavy atom. The van der Waals surface area contributed by atoms with Crippen LogP contribution in [-0.2, 0) is 0 Å². The van der Waals surface area contributed by atoms with E-state index in [2.05, 4.69) is 360 Å². The standard InChI is InChI=1S/C85H58B2N4OS/c1-57-25-24-38-70(62-30-12-4-13-31-62)85(57)91-76-56-81-74(55-73(76)86-71-39-20-22-41-75(71)90(65-36-18-7-19-37-65)77-51-68(52-78(91)83(77)86)88(63-32-14-5-15-33-63)64-34-16-6-17-35-64)87-72-40-21-23-42-79(72)92-80-53-69(54-82(93-81)84(80)87)89(66-47-43-60(44-48-66)58-26-8-2-9-27-58)67-49-45-61(46-50-67)59-28-10-3-11-29-59/h2-56H,1H3. The third-order valence-electron chi connectivity index (χ3n) is 19.0. The normalized spacial score (nSPS) is 12.7. The van der Waals surface area contributed by atoms with Crippen LogP contribution >= 0.6 is 11.8 Å². The Bertz CT molecular complexity index is 5060. The number of rotatable bonds is 11. The van der Waals surface area contributed by atoms with E-state index >= 15 is 0 Å². The van der Waals surface area contributed by atoms with Crippen molar-refractivity contribution in [2.24, 2.45) is 0 Å². The highest BCUT2D eigenvalue weighted by Gasteiger charge is 2.47. The molecule has 14 aromatic rings. The minimum Gasteiger partial charge on any atom is -0.458 e. The number of anilines is 12. The molecule has 0 spiro atoms. The van der Waals surface area contributed by atoms with E-state index in [1.807, 2.05) is 11.8 Å². The molecular formula is C85H58B2N4OS. The number of para-hydroxylation sites is 6. The van der Waals surface area contributed by atoms with Gasteiger partial charge in [0.05, 0.1) is 17.1 Å². The summed E-state index contributed by atoms with van der Waals surface area (Å²) in [6, 6.07) is 122. The van der Waals surface area contributed by atoms with Crippen LogP contribution in [0.3, 0.4) is 0 Å². The fourth-order valence-electron chi connectivity index (χ4n) is 14.9. The summed E-state index contributed by atoms with van der Waals surface area (Å²) in [5.41, 5.74) is 28.7. The second-order valence-electron chi connectivity index (χ2n) is 24.4. The van der Waals surface area contributed by atoms with Gasteiger partial charge in [-0.1, -0.05) is 248 Å². The first-order valence-corrected chi connectivity index (χ1v) is 32.8. The largest absolute Gasteiger partial charge is 0.458 e. The quantitative estimate of drug-likeness (QED) is 0.120. The maximum absolute atomic E-state index is 7.26. The van der Waals surface area contributed by atoms with Gasteiger partial charge in [0.1, 0.15) is 11.5 Å². The molecule has 18 rings (SSSR count). The Balaban J connectivity index is 0.892. The Morgan fingerprint density at radius 3 is 1.40 bits per heavy atom. The summed E-state index contributed by atoms with van der Waals surface area (Å²) < 4.78 is 7.26. The van der Waals surface area contributed by atoms with Crippen molar-refractivity contribution in [3.63, 3.8) is 0 Å². The molecule has 4 aliphatic rings. The maximum Gasteiger partial charge on any atom is 0.253 e. The van der Waals surface area contributed by atoms with Crippen LogP contribution in [0, 0.1) is 6.92 Å².